The molecule has 0 saturated heterocycles. The maximum absolute atomic E-state index is 6.11. The highest BCUT2D eigenvalue weighted by Crippen LogP contribution is 2.38. The molecule has 0 bridgehead atoms. The Morgan fingerprint density at radius 1 is 1.50 bits per heavy atom. The Balaban J connectivity index is 2.63. The van der Waals surface area contributed by atoms with E-state index in [0.717, 1.165) is 27.9 Å². The number of hydrogen-bond donors (Lipinski definition) is 1. The lowest BCUT2D eigenvalue weighted by atomic mass is 10.1. The predicted octanol–water partition coefficient (Wildman–Crippen LogP) is 3.05. The van der Waals surface area contributed by atoms with E-state index >= 15 is 0 Å². The van der Waals surface area contributed by atoms with Crippen LogP contribution in [0.3, 0.4) is 0 Å². The number of benzene rings is 1. The van der Waals surface area contributed by atoms with Crippen LogP contribution >= 0.6 is 27.5 Å². The Bertz CT molecular complexity index is 325. The standard InChI is InChI=1S/C9H9BrClN/c10-6-3-1-5-2-4-7(12)8(5)9(6)11/h1,3,7H,2,4,12H2. The fraction of sp³-hybridized carbons (Fsp3) is 0.333. The van der Waals surface area contributed by atoms with Crippen LogP contribution in [0.2, 0.25) is 5.02 Å². The molecule has 1 unspecified atom stereocenters. The van der Waals surface area contributed by atoms with Gasteiger partial charge in [-0.05, 0) is 46.0 Å². The van der Waals surface area contributed by atoms with Crippen LogP contribution in [-0.2, 0) is 6.42 Å². The van der Waals surface area contributed by atoms with E-state index in [-0.39, 0.29) is 6.04 Å². The molecule has 0 spiro atoms. The third-order valence-corrected chi connectivity index (χ3v) is 3.61. The van der Waals surface area contributed by atoms with Crippen molar-refractivity contribution in [3.8, 4) is 0 Å². The largest absolute Gasteiger partial charge is 0.324 e. The van der Waals surface area contributed by atoms with Crippen molar-refractivity contribution in [1.29, 1.82) is 0 Å². The van der Waals surface area contributed by atoms with Crippen LogP contribution in [-0.4, -0.2) is 0 Å². The van der Waals surface area contributed by atoms with Crippen molar-refractivity contribution >= 4 is 27.5 Å². The molecule has 0 aromatic heterocycles. The summed E-state index contributed by atoms with van der Waals surface area (Å²) in [4.78, 5) is 0. The summed E-state index contributed by atoms with van der Waals surface area (Å²) in [6.07, 6.45) is 2.08. The number of rotatable bonds is 0. The number of nitrogens with two attached hydrogens (primary N) is 1. The molecule has 0 saturated carbocycles. The fourth-order valence-corrected chi connectivity index (χ4v) is 2.35. The minimum absolute atomic E-state index is 0.130. The van der Waals surface area contributed by atoms with E-state index in [1.807, 2.05) is 6.07 Å². The Morgan fingerprint density at radius 2 is 2.25 bits per heavy atom. The second kappa shape index (κ2) is 3.02. The molecular weight excluding hydrogens is 237 g/mol. The van der Waals surface area contributed by atoms with Crippen LogP contribution in [0, 0.1) is 0 Å². The van der Waals surface area contributed by atoms with Gasteiger partial charge in [-0.25, -0.2) is 0 Å². The molecule has 0 heterocycles. The molecule has 2 rings (SSSR count). The average molecular weight is 247 g/mol. The van der Waals surface area contributed by atoms with E-state index in [2.05, 4.69) is 22.0 Å². The van der Waals surface area contributed by atoms with E-state index in [0.29, 0.717) is 0 Å². The summed E-state index contributed by atoms with van der Waals surface area (Å²) in [5.74, 6) is 0. The summed E-state index contributed by atoms with van der Waals surface area (Å²) >= 11 is 9.50. The van der Waals surface area contributed by atoms with Gasteiger partial charge in [0.25, 0.3) is 0 Å². The van der Waals surface area contributed by atoms with Crippen LogP contribution in [0.5, 0.6) is 0 Å². The second-order valence-corrected chi connectivity index (χ2v) is 4.31. The zero-order valence-corrected chi connectivity index (χ0v) is 8.82. The first-order chi connectivity index (χ1) is 5.70. The van der Waals surface area contributed by atoms with Crippen molar-refractivity contribution in [2.45, 2.75) is 18.9 Å². The topological polar surface area (TPSA) is 26.0 Å². The lowest BCUT2D eigenvalue weighted by Crippen LogP contribution is -2.05. The highest BCUT2D eigenvalue weighted by Gasteiger charge is 2.22. The van der Waals surface area contributed by atoms with Gasteiger partial charge in [0.2, 0.25) is 0 Å². The lowest BCUT2D eigenvalue weighted by Gasteiger charge is -2.08. The number of aryl methyl sites for hydroxylation is 1. The van der Waals surface area contributed by atoms with Crippen LogP contribution in [0.4, 0.5) is 0 Å². The van der Waals surface area contributed by atoms with Gasteiger partial charge in [-0.2, -0.15) is 0 Å². The van der Waals surface area contributed by atoms with Crippen LogP contribution in [0.15, 0.2) is 16.6 Å². The average Bonchev–Trinajstić information content (AvgIpc) is 2.41. The zero-order valence-electron chi connectivity index (χ0n) is 6.48. The van der Waals surface area contributed by atoms with Crippen LogP contribution in [0.25, 0.3) is 0 Å². The monoisotopic (exact) mass is 245 g/mol. The third kappa shape index (κ3) is 1.18. The fourth-order valence-electron chi connectivity index (χ4n) is 1.68. The first-order valence-corrected chi connectivity index (χ1v) is 5.09. The van der Waals surface area contributed by atoms with Gasteiger partial charge in [0, 0.05) is 10.5 Å². The SMILES string of the molecule is NC1CCc2ccc(Br)c(Cl)c21. The molecule has 1 atom stereocenters. The quantitative estimate of drug-likeness (QED) is 0.748. The summed E-state index contributed by atoms with van der Waals surface area (Å²) in [6, 6.07) is 4.21. The number of fused-ring (bicyclic) bond motifs is 1. The van der Waals surface area contributed by atoms with Crippen molar-refractivity contribution < 1.29 is 0 Å². The summed E-state index contributed by atoms with van der Waals surface area (Å²) < 4.78 is 0.945. The molecule has 0 amide bonds. The van der Waals surface area contributed by atoms with Crippen molar-refractivity contribution in [2.24, 2.45) is 5.73 Å². The molecule has 1 aliphatic rings. The Morgan fingerprint density at radius 3 is 3.00 bits per heavy atom. The molecule has 64 valence electrons. The highest BCUT2D eigenvalue weighted by molar-refractivity contribution is 9.10. The lowest BCUT2D eigenvalue weighted by molar-refractivity contribution is 0.713. The molecule has 3 heteroatoms. The van der Waals surface area contributed by atoms with Gasteiger partial charge in [-0.3, -0.25) is 0 Å². The number of halogens is 2. The molecule has 0 aliphatic heterocycles. The first kappa shape index (κ1) is 8.54. The smallest absolute Gasteiger partial charge is 0.0598 e. The summed E-state index contributed by atoms with van der Waals surface area (Å²) in [5.41, 5.74) is 8.34. The Kier molecular flexibility index (Phi) is 2.15. The Labute approximate surface area is 85.0 Å². The zero-order chi connectivity index (χ0) is 8.72. The minimum Gasteiger partial charge on any atom is -0.324 e. The first-order valence-electron chi connectivity index (χ1n) is 3.92. The van der Waals surface area contributed by atoms with E-state index in [9.17, 15) is 0 Å². The predicted molar refractivity (Wildman–Crippen MR) is 54.4 cm³/mol. The molecule has 2 N–H and O–H groups in total. The third-order valence-electron chi connectivity index (χ3n) is 2.32. The molecule has 12 heavy (non-hydrogen) atoms. The van der Waals surface area contributed by atoms with Gasteiger partial charge in [-0.15, -0.1) is 0 Å². The normalized spacial score (nSPS) is 21.1. The summed E-state index contributed by atoms with van der Waals surface area (Å²) in [6.45, 7) is 0. The van der Waals surface area contributed by atoms with E-state index in [4.69, 9.17) is 17.3 Å². The van der Waals surface area contributed by atoms with Crippen molar-refractivity contribution in [3.05, 3.63) is 32.8 Å². The molecule has 1 aromatic carbocycles. The van der Waals surface area contributed by atoms with Gasteiger partial charge < -0.3 is 5.73 Å². The second-order valence-electron chi connectivity index (χ2n) is 3.08. The highest BCUT2D eigenvalue weighted by atomic mass is 79.9. The van der Waals surface area contributed by atoms with E-state index in [1.165, 1.54) is 5.56 Å². The molecule has 1 nitrogen and oxygen atoms in total. The summed E-state index contributed by atoms with van der Waals surface area (Å²) in [5, 5.41) is 0.789. The minimum atomic E-state index is 0.130. The van der Waals surface area contributed by atoms with Crippen LogP contribution < -0.4 is 5.73 Å². The molecular formula is C9H9BrClN. The number of hydrogen-bond acceptors (Lipinski definition) is 1. The van der Waals surface area contributed by atoms with Crippen molar-refractivity contribution in [3.63, 3.8) is 0 Å². The molecule has 0 fully saturated rings. The molecule has 0 radical (unpaired) electrons. The van der Waals surface area contributed by atoms with Crippen molar-refractivity contribution in [1.82, 2.24) is 0 Å². The van der Waals surface area contributed by atoms with Gasteiger partial charge >= 0.3 is 0 Å². The van der Waals surface area contributed by atoms with E-state index in [1.54, 1.807) is 0 Å². The molecule has 1 aromatic rings. The Hall–Kier alpha value is -0.0500. The van der Waals surface area contributed by atoms with Gasteiger partial charge in [0.1, 0.15) is 0 Å². The van der Waals surface area contributed by atoms with Gasteiger partial charge in [-0.1, -0.05) is 17.7 Å². The van der Waals surface area contributed by atoms with Gasteiger partial charge in [0.15, 0.2) is 0 Å². The maximum atomic E-state index is 6.11. The van der Waals surface area contributed by atoms with Crippen molar-refractivity contribution in [2.75, 3.05) is 0 Å². The van der Waals surface area contributed by atoms with Crippen LogP contribution in [0.1, 0.15) is 23.6 Å². The van der Waals surface area contributed by atoms with E-state index < -0.39 is 0 Å². The van der Waals surface area contributed by atoms with Gasteiger partial charge in [0.05, 0.1) is 5.02 Å². The molecule has 1 aliphatic carbocycles. The maximum Gasteiger partial charge on any atom is 0.0598 e. The summed E-state index contributed by atoms with van der Waals surface area (Å²) in [7, 11) is 0.